The first-order valence-corrected chi connectivity index (χ1v) is 5.65. The molecule has 0 aromatic carbocycles. The number of thiophene rings is 1. The summed E-state index contributed by atoms with van der Waals surface area (Å²) in [7, 11) is 0. The fraction of sp³-hybridized carbons (Fsp3) is 0.273. The number of furan rings is 1. The van der Waals surface area contributed by atoms with Crippen LogP contribution in [-0.2, 0) is 11.3 Å². The average molecular weight is 223 g/mol. The standard InChI is InChI=1S/C11H13NO2S/c12-7-11(10-4-1-5-13-10)14-8-9-3-2-6-15-9/h1-6,11H,7-8,12H2. The van der Waals surface area contributed by atoms with Crippen molar-refractivity contribution in [2.24, 2.45) is 5.73 Å². The van der Waals surface area contributed by atoms with E-state index in [0.29, 0.717) is 13.2 Å². The van der Waals surface area contributed by atoms with Gasteiger partial charge < -0.3 is 14.9 Å². The molecule has 2 N–H and O–H groups in total. The van der Waals surface area contributed by atoms with Gasteiger partial charge in [-0.1, -0.05) is 6.07 Å². The molecule has 0 amide bonds. The summed E-state index contributed by atoms with van der Waals surface area (Å²) in [5.41, 5.74) is 5.62. The van der Waals surface area contributed by atoms with Crippen LogP contribution in [-0.4, -0.2) is 6.54 Å². The highest BCUT2D eigenvalue weighted by molar-refractivity contribution is 7.09. The Morgan fingerprint density at radius 2 is 2.33 bits per heavy atom. The molecule has 15 heavy (non-hydrogen) atoms. The van der Waals surface area contributed by atoms with Crippen LogP contribution in [0.15, 0.2) is 40.3 Å². The fourth-order valence-corrected chi connectivity index (χ4v) is 1.94. The Morgan fingerprint density at radius 1 is 1.40 bits per heavy atom. The van der Waals surface area contributed by atoms with Gasteiger partial charge in [0.05, 0.1) is 12.9 Å². The third kappa shape index (κ3) is 2.68. The van der Waals surface area contributed by atoms with Gasteiger partial charge in [-0.05, 0) is 23.6 Å². The van der Waals surface area contributed by atoms with Crippen LogP contribution in [0.2, 0.25) is 0 Å². The highest BCUT2D eigenvalue weighted by Gasteiger charge is 2.12. The topological polar surface area (TPSA) is 48.4 Å². The van der Waals surface area contributed by atoms with Gasteiger partial charge in [0.2, 0.25) is 0 Å². The SMILES string of the molecule is NCC(OCc1cccs1)c1ccco1. The van der Waals surface area contributed by atoms with E-state index in [-0.39, 0.29) is 6.10 Å². The zero-order valence-electron chi connectivity index (χ0n) is 8.26. The molecule has 0 radical (unpaired) electrons. The lowest BCUT2D eigenvalue weighted by molar-refractivity contribution is 0.0329. The van der Waals surface area contributed by atoms with Crippen molar-refractivity contribution in [3.63, 3.8) is 0 Å². The minimum atomic E-state index is -0.151. The maximum absolute atomic E-state index is 5.67. The first-order valence-electron chi connectivity index (χ1n) is 4.77. The molecule has 0 spiro atoms. The van der Waals surface area contributed by atoms with Gasteiger partial charge in [0.25, 0.3) is 0 Å². The monoisotopic (exact) mass is 223 g/mol. The maximum Gasteiger partial charge on any atom is 0.133 e. The van der Waals surface area contributed by atoms with E-state index in [2.05, 4.69) is 0 Å². The molecule has 0 aliphatic rings. The van der Waals surface area contributed by atoms with E-state index in [1.54, 1.807) is 17.6 Å². The molecular formula is C11H13NO2S. The van der Waals surface area contributed by atoms with E-state index in [1.807, 2.05) is 29.6 Å². The molecule has 0 bridgehead atoms. The van der Waals surface area contributed by atoms with Crippen LogP contribution in [0.3, 0.4) is 0 Å². The molecule has 0 saturated heterocycles. The van der Waals surface area contributed by atoms with Crippen molar-refractivity contribution in [3.05, 3.63) is 46.5 Å². The van der Waals surface area contributed by atoms with Crippen LogP contribution in [0.4, 0.5) is 0 Å². The molecular weight excluding hydrogens is 210 g/mol. The quantitative estimate of drug-likeness (QED) is 0.847. The lowest BCUT2D eigenvalue weighted by atomic mass is 10.3. The smallest absolute Gasteiger partial charge is 0.133 e. The van der Waals surface area contributed by atoms with Gasteiger partial charge in [0.1, 0.15) is 11.9 Å². The third-order valence-corrected chi connectivity index (χ3v) is 2.93. The number of ether oxygens (including phenoxy) is 1. The summed E-state index contributed by atoms with van der Waals surface area (Å²) in [6.45, 7) is 1.01. The Labute approximate surface area is 92.5 Å². The predicted octanol–water partition coefficient (Wildman–Crippen LogP) is 2.56. The Morgan fingerprint density at radius 3 is 2.93 bits per heavy atom. The number of hydrogen-bond donors (Lipinski definition) is 1. The summed E-state index contributed by atoms with van der Waals surface area (Å²) in [5.74, 6) is 0.786. The van der Waals surface area contributed by atoms with Crippen molar-refractivity contribution in [1.29, 1.82) is 0 Å². The summed E-state index contributed by atoms with van der Waals surface area (Å²) >= 11 is 1.68. The Kier molecular flexibility index (Phi) is 3.55. The molecule has 2 aromatic heterocycles. The molecule has 2 rings (SSSR count). The molecule has 0 saturated carbocycles. The van der Waals surface area contributed by atoms with Gasteiger partial charge in [-0.15, -0.1) is 11.3 Å². The van der Waals surface area contributed by atoms with Crippen molar-refractivity contribution in [2.45, 2.75) is 12.7 Å². The van der Waals surface area contributed by atoms with Gasteiger partial charge >= 0.3 is 0 Å². The molecule has 1 unspecified atom stereocenters. The molecule has 0 aliphatic carbocycles. The zero-order chi connectivity index (χ0) is 10.5. The number of rotatable bonds is 5. The van der Waals surface area contributed by atoms with E-state index in [1.165, 1.54) is 4.88 Å². The van der Waals surface area contributed by atoms with E-state index in [4.69, 9.17) is 14.9 Å². The first kappa shape index (κ1) is 10.4. The zero-order valence-corrected chi connectivity index (χ0v) is 9.07. The summed E-state index contributed by atoms with van der Waals surface area (Å²) < 4.78 is 10.9. The van der Waals surface area contributed by atoms with Crippen molar-refractivity contribution >= 4 is 11.3 Å². The summed E-state index contributed by atoms with van der Waals surface area (Å²) in [4.78, 5) is 1.19. The normalized spacial score (nSPS) is 12.9. The van der Waals surface area contributed by atoms with Gasteiger partial charge in [-0.25, -0.2) is 0 Å². The van der Waals surface area contributed by atoms with E-state index in [9.17, 15) is 0 Å². The third-order valence-electron chi connectivity index (χ3n) is 2.08. The molecule has 0 aliphatic heterocycles. The lowest BCUT2D eigenvalue weighted by Crippen LogP contribution is -2.14. The second-order valence-electron chi connectivity index (χ2n) is 3.13. The molecule has 1 atom stereocenters. The van der Waals surface area contributed by atoms with Crippen molar-refractivity contribution in [3.8, 4) is 0 Å². The van der Waals surface area contributed by atoms with Crippen molar-refractivity contribution in [1.82, 2.24) is 0 Å². The van der Waals surface area contributed by atoms with Gasteiger partial charge in [0, 0.05) is 11.4 Å². The van der Waals surface area contributed by atoms with E-state index >= 15 is 0 Å². The Hall–Kier alpha value is -1.10. The van der Waals surface area contributed by atoms with Crippen LogP contribution >= 0.6 is 11.3 Å². The minimum absolute atomic E-state index is 0.151. The van der Waals surface area contributed by atoms with Crippen LogP contribution < -0.4 is 5.73 Å². The molecule has 2 aromatic rings. The molecule has 3 nitrogen and oxygen atoms in total. The summed E-state index contributed by atoms with van der Waals surface area (Å²) in [6, 6.07) is 7.77. The van der Waals surface area contributed by atoms with Gasteiger partial charge in [-0.2, -0.15) is 0 Å². The van der Waals surface area contributed by atoms with Gasteiger partial charge in [-0.3, -0.25) is 0 Å². The minimum Gasteiger partial charge on any atom is -0.467 e. The van der Waals surface area contributed by atoms with Crippen molar-refractivity contribution < 1.29 is 9.15 Å². The van der Waals surface area contributed by atoms with Crippen LogP contribution in [0.1, 0.15) is 16.7 Å². The van der Waals surface area contributed by atoms with Crippen molar-refractivity contribution in [2.75, 3.05) is 6.54 Å². The fourth-order valence-electron chi connectivity index (χ4n) is 1.32. The molecule has 0 fully saturated rings. The summed E-state index contributed by atoms with van der Waals surface area (Å²) in [6.07, 6.45) is 1.48. The highest BCUT2D eigenvalue weighted by Crippen LogP contribution is 2.19. The number of hydrogen-bond acceptors (Lipinski definition) is 4. The largest absolute Gasteiger partial charge is 0.467 e. The average Bonchev–Trinajstić information content (AvgIpc) is 2.90. The maximum atomic E-state index is 5.67. The highest BCUT2D eigenvalue weighted by atomic mass is 32.1. The molecule has 2 heterocycles. The second kappa shape index (κ2) is 5.11. The van der Waals surface area contributed by atoms with Crippen LogP contribution in [0, 0.1) is 0 Å². The summed E-state index contributed by atoms with van der Waals surface area (Å²) in [5, 5.41) is 2.03. The Balaban J connectivity index is 1.92. The van der Waals surface area contributed by atoms with Gasteiger partial charge in [0.15, 0.2) is 0 Å². The van der Waals surface area contributed by atoms with Crippen LogP contribution in [0.25, 0.3) is 0 Å². The van der Waals surface area contributed by atoms with E-state index < -0.39 is 0 Å². The number of nitrogens with two attached hydrogens (primary N) is 1. The first-order chi connectivity index (χ1) is 7.40. The Bertz CT molecular complexity index is 369. The van der Waals surface area contributed by atoms with Crippen LogP contribution in [0.5, 0.6) is 0 Å². The lowest BCUT2D eigenvalue weighted by Gasteiger charge is -2.12. The predicted molar refractivity (Wildman–Crippen MR) is 59.6 cm³/mol. The molecule has 80 valence electrons. The van der Waals surface area contributed by atoms with E-state index in [0.717, 1.165) is 5.76 Å². The molecule has 4 heteroatoms. The second-order valence-corrected chi connectivity index (χ2v) is 4.16.